The number of likely N-dealkylation sites (tertiary alicyclic amines) is 1. The van der Waals surface area contributed by atoms with Gasteiger partial charge in [0.05, 0.1) is 0 Å². The Hall–Kier alpha value is -1.55. The molecule has 4 nitrogen and oxygen atoms in total. The molecule has 1 N–H and O–H groups in total. The van der Waals surface area contributed by atoms with Gasteiger partial charge in [-0.25, -0.2) is 4.79 Å². The van der Waals surface area contributed by atoms with Crippen molar-refractivity contribution in [1.82, 2.24) is 15.1 Å². The second-order valence-corrected chi connectivity index (χ2v) is 5.25. The number of hydrogen-bond donors (Lipinski definition) is 1. The van der Waals surface area contributed by atoms with Crippen molar-refractivity contribution < 1.29 is 4.79 Å². The zero-order valence-electron chi connectivity index (χ0n) is 12.5. The molecule has 1 saturated heterocycles. The van der Waals surface area contributed by atoms with Gasteiger partial charge in [0, 0.05) is 38.8 Å². The molecule has 1 heterocycles. The summed E-state index contributed by atoms with van der Waals surface area (Å²) in [6, 6.07) is 11.0. The van der Waals surface area contributed by atoms with Gasteiger partial charge in [-0.2, -0.15) is 0 Å². The van der Waals surface area contributed by atoms with Gasteiger partial charge in [-0.3, -0.25) is 0 Å². The number of nitrogens with zero attached hydrogens (tertiary/aromatic N) is 2. The predicted molar refractivity (Wildman–Crippen MR) is 81.6 cm³/mol. The Morgan fingerprint density at radius 3 is 2.65 bits per heavy atom. The molecule has 0 bridgehead atoms. The number of rotatable bonds is 5. The highest BCUT2D eigenvalue weighted by Crippen LogP contribution is 2.12. The van der Waals surface area contributed by atoms with Crippen LogP contribution >= 0.6 is 0 Å². The molecule has 20 heavy (non-hydrogen) atoms. The topological polar surface area (TPSA) is 35.6 Å². The highest BCUT2D eigenvalue weighted by molar-refractivity contribution is 5.74. The molecule has 1 aliphatic rings. The lowest BCUT2D eigenvalue weighted by Crippen LogP contribution is -2.43. The quantitative estimate of drug-likeness (QED) is 0.895. The third-order valence-electron chi connectivity index (χ3n) is 3.93. The number of nitrogens with one attached hydrogen (secondary N) is 1. The first-order chi connectivity index (χ1) is 9.74. The van der Waals surface area contributed by atoms with Crippen LogP contribution in [0, 0.1) is 0 Å². The first-order valence-corrected chi connectivity index (χ1v) is 7.55. The van der Waals surface area contributed by atoms with Crippen LogP contribution in [0.15, 0.2) is 30.3 Å². The fraction of sp³-hybridized carbons (Fsp3) is 0.562. The van der Waals surface area contributed by atoms with E-state index in [0.717, 1.165) is 39.1 Å². The Morgan fingerprint density at radius 2 is 2.00 bits per heavy atom. The molecular weight excluding hydrogens is 250 g/mol. The van der Waals surface area contributed by atoms with Crippen LogP contribution in [-0.2, 0) is 6.54 Å². The summed E-state index contributed by atoms with van der Waals surface area (Å²) >= 11 is 0. The van der Waals surface area contributed by atoms with E-state index in [9.17, 15) is 4.79 Å². The van der Waals surface area contributed by atoms with E-state index >= 15 is 0 Å². The van der Waals surface area contributed by atoms with Crippen LogP contribution < -0.4 is 5.32 Å². The maximum absolute atomic E-state index is 12.3. The number of carbonyl (C=O) groups is 1. The molecule has 0 unspecified atom stereocenters. The molecule has 1 aliphatic heterocycles. The SMILES string of the molecule is CCN(CC)C(=O)N1CC[C@H](NCc2ccccc2)C1. The third-order valence-corrected chi connectivity index (χ3v) is 3.93. The van der Waals surface area contributed by atoms with Gasteiger partial charge < -0.3 is 15.1 Å². The fourth-order valence-electron chi connectivity index (χ4n) is 2.65. The Morgan fingerprint density at radius 1 is 1.30 bits per heavy atom. The van der Waals surface area contributed by atoms with E-state index in [1.807, 2.05) is 29.7 Å². The van der Waals surface area contributed by atoms with Gasteiger partial charge in [0.2, 0.25) is 0 Å². The zero-order chi connectivity index (χ0) is 14.4. The molecule has 110 valence electrons. The molecule has 2 amide bonds. The minimum Gasteiger partial charge on any atom is -0.325 e. The van der Waals surface area contributed by atoms with E-state index in [0.29, 0.717) is 6.04 Å². The lowest BCUT2D eigenvalue weighted by atomic mass is 10.2. The Balaban J connectivity index is 1.79. The molecule has 1 atom stereocenters. The van der Waals surface area contributed by atoms with Crippen molar-refractivity contribution in [3.05, 3.63) is 35.9 Å². The number of amides is 2. The van der Waals surface area contributed by atoms with Crippen molar-refractivity contribution in [3.63, 3.8) is 0 Å². The lowest BCUT2D eigenvalue weighted by Gasteiger charge is -2.26. The van der Waals surface area contributed by atoms with Gasteiger partial charge in [0.25, 0.3) is 0 Å². The van der Waals surface area contributed by atoms with Crippen molar-refractivity contribution in [1.29, 1.82) is 0 Å². The molecule has 0 saturated carbocycles. The summed E-state index contributed by atoms with van der Waals surface area (Å²) in [5.74, 6) is 0. The van der Waals surface area contributed by atoms with Gasteiger partial charge >= 0.3 is 6.03 Å². The highest BCUT2D eigenvalue weighted by Gasteiger charge is 2.27. The second kappa shape index (κ2) is 7.29. The zero-order valence-corrected chi connectivity index (χ0v) is 12.5. The van der Waals surface area contributed by atoms with Crippen molar-refractivity contribution in [2.24, 2.45) is 0 Å². The number of hydrogen-bond acceptors (Lipinski definition) is 2. The maximum atomic E-state index is 12.3. The minimum atomic E-state index is 0.180. The van der Waals surface area contributed by atoms with E-state index in [4.69, 9.17) is 0 Å². The molecule has 0 aliphatic carbocycles. The van der Waals surface area contributed by atoms with Crippen LogP contribution in [-0.4, -0.2) is 48.1 Å². The van der Waals surface area contributed by atoms with E-state index < -0.39 is 0 Å². The molecule has 1 aromatic rings. The standard InChI is InChI=1S/C16H25N3O/c1-3-18(4-2)16(20)19-11-10-15(13-19)17-12-14-8-6-5-7-9-14/h5-9,15,17H,3-4,10-13H2,1-2H3/t15-/m0/s1. The molecular formula is C16H25N3O. The van der Waals surface area contributed by atoms with E-state index in [1.165, 1.54) is 5.56 Å². The monoisotopic (exact) mass is 275 g/mol. The van der Waals surface area contributed by atoms with E-state index in [2.05, 4.69) is 29.6 Å². The number of carbonyl (C=O) groups excluding carboxylic acids is 1. The third kappa shape index (κ3) is 3.73. The minimum absolute atomic E-state index is 0.180. The maximum Gasteiger partial charge on any atom is 0.320 e. The Labute approximate surface area is 121 Å². The first-order valence-electron chi connectivity index (χ1n) is 7.55. The Bertz CT molecular complexity index is 417. The van der Waals surface area contributed by atoms with E-state index in [-0.39, 0.29) is 6.03 Å². The lowest BCUT2D eigenvalue weighted by molar-refractivity contribution is 0.166. The van der Waals surface area contributed by atoms with Crippen molar-refractivity contribution in [2.45, 2.75) is 32.9 Å². The average Bonchev–Trinajstić information content (AvgIpc) is 2.96. The normalized spacial score (nSPS) is 18.3. The molecule has 0 aromatic heterocycles. The molecule has 0 radical (unpaired) electrons. The van der Waals surface area contributed by atoms with Gasteiger partial charge in [0.1, 0.15) is 0 Å². The summed E-state index contributed by atoms with van der Waals surface area (Å²) < 4.78 is 0. The largest absolute Gasteiger partial charge is 0.325 e. The smallest absolute Gasteiger partial charge is 0.320 e. The van der Waals surface area contributed by atoms with Crippen LogP contribution in [0.3, 0.4) is 0 Å². The highest BCUT2D eigenvalue weighted by atomic mass is 16.2. The summed E-state index contributed by atoms with van der Waals surface area (Å²) in [4.78, 5) is 16.1. The van der Waals surface area contributed by atoms with Crippen LogP contribution in [0.4, 0.5) is 4.79 Å². The van der Waals surface area contributed by atoms with Gasteiger partial charge in [-0.1, -0.05) is 30.3 Å². The van der Waals surface area contributed by atoms with E-state index in [1.54, 1.807) is 0 Å². The molecule has 2 rings (SSSR count). The van der Waals surface area contributed by atoms with Crippen LogP contribution in [0.25, 0.3) is 0 Å². The summed E-state index contributed by atoms with van der Waals surface area (Å²) in [7, 11) is 0. The van der Waals surface area contributed by atoms with Gasteiger partial charge in [-0.15, -0.1) is 0 Å². The summed E-state index contributed by atoms with van der Waals surface area (Å²) in [5.41, 5.74) is 1.29. The van der Waals surface area contributed by atoms with Crippen molar-refractivity contribution in [3.8, 4) is 0 Å². The van der Waals surface area contributed by atoms with Gasteiger partial charge in [0.15, 0.2) is 0 Å². The summed E-state index contributed by atoms with van der Waals surface area (Å²) in [5, 5.41) is 3.55. The van der Waals surface area contributed by atoms with Crippen LogP contribution in [0.2, 0.25) is 0 Å². The average molecular weight is 275 g/mol. The van der Waals surface area contributed by atoms with Crippen molar-refractivity contribution >= 4 is 6.03 Å². The summed E-state index contributed by atoms with van der Waals surface area (Å²) in [6.07, 6.45) is 1.04. The van der Waals surface area contributed by atoms with Crippen LogP contribution in [0.5, 0.6) is 0 Å². The van der Waals surface area contributed by atoms with Crippen LogP contribution in [0.1, 0.15) is 25.8 Å². The Kier molecular flexibility index (Phi) is 5.41. The molecule has 4 heteroatoms. The fourth-order valence-corrected chi connectivity index (χ4v) is 2.65. The molecule has 1 aromatic carbocycles. The predicted octanol–water partition coefficient (Wildman–Crippen LogP) is 2.31. The summed E-state index contributed by atoms with van der Waals surface area (Å²) in [6.45, 7) is 8.19. The number of benzene rings is 1. The first kappa shape index (κ1) is 14.9. The molecule has 1 fully saturated rings. The molecule has 0 spiro atoms. The second-order valence-electron chi connectivity index (χ2n) is 5.25. The number of urea groups is 1. The van der Waals surface area contributed by atoms with Gasteiger partial charge in [-0.05, 0) is 25.8 Å². The van der Waals surface area contributed by atoms with Crippen molar-refractivity contribution in [2.75, 3.05) is 26.2 Å².